The van der Waals surface area contributed by atoms with Crippen molar-refractivity contribution in [1.29, 1.82) is 5.26 Å². The second-order valence-corrected chi connectivity index (χ2v) is 9.43. The van der Waals surface area contributed by atoms with E-state index in [4.69, 9.17) is 4.74 Å². The highest BCUT2D eigenvalue weighted by molar-refractivity contribution is 5.82. The molecule has 0 unspecified atom stereocenters. The normalized spacial score (nSPS) is 14.6. The molecule has 10 heteroatoms. The molecule has 0 bridgehead atoms. The van der Waals surface area contributed by atoms with Gasteiger partial charge in [0.15, 0.2) is 0 Å². The van der Waals surface area contributed by atoms with Gasteiger partial charge in [-0.15, -0.1) is 4.99 Å². The van der Waals surface area contributed by atoms with Crippen molar-refractivity contribution in [2.45, 2.75) is 58.2 Å². The molecule has 0 aromatic heterocycles. The van der Waals surface area contributed by atoms with Gasteiger partial charge in [0.1, 0.15) is 5.75 Å². The number of carboxylic acid groups (broad SMARTS) is 1. The van der Waals surface area contributed by atoms with Gasteiger partial charge in [-0.1, -0.05) is 31.4 Å². The summed E-state index contributed by atoms with van der Waals surface area (Å²) in [5.74, 6) is 0.0384. The van der Waals surface area contributed by atoms with Gasteiger partial charge in [-0.2, -0.15) is 18.4 Å². The molecule has 0 saturated heterocycles. The number of nitriles is 1. The van der Waals surface area contributed by atoms with E-state index in [1.165, 1.54) is 13.2 Å². The molecule has 1 aliphatic rings. The van der Waals surface area contributed by atoms with E-state index >= 15 is 0 Å². The van der Waals surface area contributed by atoms with Gasteiger partial charge < -0.3 is 20.1 Å². The number of aliphatic carboxylic acids is 1. The average molecular weight is 531 g/mol. The van der Waals surface area contributed by atoms with Crippen LogP contribution in [0.5, 0.6) is 5.75 Å². The Hall–Kier alpha value is -3.74. The number of guanidine groups is 1. The Labute approximate surface area is 220 Å². The van der Waals surface area contributed by atoms with Crippen molar-refractivity contribution in [3.8, 4) is 23.1 Å². The number of nitrogens with zero attached hydrogens (tertiary/aromatic N) is 3. The quantitative estimate of drug-likeness (QED) is 0.240. The van der Waals surface area contributed by atoms with Gasteiger partial charge in [0.2, 0.25) is 12.2 Å². The molecule has 3 rings (SSSR count). The zero-order valence-electron chi connectivity index (χ0n) is 21.6. The molecular formula is C28H33F3N4O3. The average Bonchev–Trinajstić information content (AvgIpc) is 2.88. The largest absolute Gasteiger partial charge is 0.496 e. The van der Waals surface area contributed by atoms with Crippen LogP contribution in [0.1, 0.15) is 55.7 Å². The molecule has 0 radical (unpaired) electrons. The third kappa shape index (κ3) is 7.63. The highest BCUT2D eigenvalue weighted by atomic mass is 19.4. The lowest BCUT2D eigenvalue weighted by Crippen LogP contribution is -2.43. The van der Waals surface area contributed by atoms with Crippen LogP contribution in [0.25, 0.3) is 11.1 Å². The second-order valence-electron chi connectivity index (χ2n) is 9.43. The Morgan fingerprint density at radius 2 is 1.92 bits per heavy atom. The number of nitrogens with one attached hydrogen (secondary N) is 1. The van der Waals surface area contributed by atoms with Crippen LogP contribution in [0, 0.1) is 17.4 Å². The number of alkyl halides is 3. The number of carbonyl (C=O) groups is 1. The first-order chi connectivity index (χ1) is 18.2. The summed E-state index contributed by atoms with van der Waals surface area (Å²) >= 11 is 0. The van der Waals surface area contributed by atoms with Gasteiger partial charge in [-0.05, 0) is 66.6 Å². The number of aliphatic imine (C=N–C) groups is 1. The van der Waals surface area contributed by atoms with Crippen LogP contribution in [-0.4, -0.2) is 42.1 Å². The molecule has 0 atom stereocenters. The zero-order valence-corrected chi connectivity index (χ0v) is 21.6. The molecule has 0 aliphatic heterocycles. The number of hydrogen-bond donors (Lipinski definition) is 2. The first-order valence-electron chi connectivity index (χ1n) is 12.7. The first-order valence-corrected chi connectivity index (χ1v) is 12.7. The van der Waals surface area contributed by atoms with Crippen molar-refractivity contribution in [3.63, 3.8) is 0 Å². The van der Waals surface area contributed by atoms with Crippen LogP contribution in [0.3, 0.4) is 0 Å². The van der Waals surface area contributed by atoms with Gasteiger partial charge >= 0.3 is 12.1 Å². The van der Waals surface area contributed by atoms with Crippen molar-refractivity contribution >= 4 is 11.9 Å². The number of carboxylic acids is 1. The summed E-state index contributed by atoms with van der Waals surface area (Å²) < 4.78 is 46.8. The first kappa shape index (κ1) is 28.8. The summed E-state index contributed by atoms with van der Waals surface area (Å²) in [6.07, 6.45) is 2.37. The molecule has 7 nitrogen and oxygen atoms in total. The fourth-order valence-corrected chi connectivity index (χ4v) is 4.95. The maximum absolute atomic E-state index is 13.8. The van der Waals surface area contributed by atoms with Crippen LogP contribution in [0.2, 0.25) is 0 Å². The third-order valence-corrected chi connectivity index (χ3v) is 6.70. The number of hydrogen-bond acceptors (Lipinski definition) is 4. The summed E-state index contributed by atoms with van der Waals surface area (Å²) in [4.78, 5) is 17.1. The molecule has 38 heavy (non-hydrogen) atoms. The minimum absolute atomic E-state index is 0.0651. The van der Waals surface area contributed by atoms with Crippen molar-refractivity contribution in [3.05, 3.63) is 53.1 Å². The maximum Gasteiger partial charge on any atom is 0.416 e. The summed E-state index contributed by atoms with van der Waals surface area (Å²) in [7, 11) is 1.46. The topological polar surface area (TPSA) is 98.0 Å². The van der Waals surface area contributed by atoms with Crippen molar-refractivity contribution in [1.82, 2.24) is 10.2 Å². The van der Waals surface area contributed by atoms with Crippen LogP contribution in [0.15, 0.2) is 41.4 Å². The Balaban J connectivity index is 2.14. The highest BCUT2D eigenvalue weighted by Gasteiger charge is 2.32. The molecule has 0 heterocycles. The molecule has 2 N–H and O–H groups in total. The van der Waals surface area contributed by atoms with E-state index in [-0.39, 0.29) is 13.0 Å². The summed E-state index contributed by atoms with van der Waals surface area (Å²) in [6, 6.07) is 8.41. The molecule has 1 saturated carbocycles. The number of methoxy groups -OCH3 is 1. The molecule has 0 amide bonds. The van der Waals surface area contributed by atoms with Crippen molar-refractivity contribution in [2.24, 2.45) is 10.9 Å². The third-order valence-electron chi connectivity index (χ3n) is 6.70. The van der Waals surface area contributed by atoms with E-state index in [9.17, 15) is 28.3 Å². The Morgan fingerprint density at radius 3 is 2.53 bits per heavy atom. The molecule has 1 aliphatic carbocycles. The van der Waals surface area contributed by atoms with Gasteiger partial charge in [0.05, 0.1) is 19.1 Å². The van der Waals surface area contributed by atoms with Crippen LogP contribution in [0.4, 0.5) is 13.2 Å². The van der Waals surface area contributed by atoms with Crippen LogP contribution >= 0.6 is 0 Å². The highest BCUT2D eigenvalue weighted by Crippen LogP contribution is 2.38. The SMILES string of the molecule is CCNC(=NC#N)N(Cc1cc(C(F)(F)F)ccc1-c1cc(CC(=O)O)ccc1OC)CC1CCCCC1. The molecule has 2 aromatic rings. The lowest BCUT2D eigenvalue weighted by molar-refractivity contribution is -0.138. The van der Waals surface area contributed by atoms with E-state index in [0.29, 0.717) is 53.0 Å². The van der Waals surface area contributed by atoms with E-state index in [0.717, 1.165) is 44.2 Å². The predicted octanol–water partition coefficient (Wildman–Crippen LogP) is 5.84. The molecule has 0 spiro atoms. The lowest BCUT2D eigenvalue weighted by Gasteiger charge is -2.32. The predicted molar refractivity (Wildman–Crippen MR) is 138 cm³/mol. The summed E-state index contributed by atoms with van der Waals surface area (Å²) in [5, 5.41) is 21.7. The molecule has 204 valence electrons. The standard InChI is InChI=1S/C28H33F3N4O3/c1-3-33-27(34-18-32)35(16-19-7-5-4-6-8-19)17-21-15-22(28(29,30)31)10-11-23(21)24-13-20(14-26(36)37)9-12-25(24)38-2/h9-13,15,19H,3-8,14,16-17H2,1-2H3,(H,33,34)(H,36,37). The van der Waals surface area contributed by atoms with E-state index in [1.54, 1.807) is 18.2 Å². The number of benzene rings is 2. The second kappa shape index (κ2) is 13.2. The van der Waals surface area contributed by atoms with E-state index in [1.807, 2.05) is 18.0 Å². The Morgan fingerprint density at radius 1 is 1.18 bits per heavy atom. The van der Waals surface area contributed by atoms with Gasteiger partial charge in [0, 0.05) is 25.2 Å². The van der Waals surface area contributed by atoms with Gasteiger partial charge in [-0.3, -0.25) is 4.79 Å². The minimum atomic E-state index is -4.55. The number of halogens is 3. The zero-order chi connectivity index (χ0) is 27.7. The van der Waals surface area contributed by atoms with Gasteiger partial charge in [0.25, 0.3) is 0 Å². The number of rotatable bonds is 9. The lowest BCUT2D eigenvalue weighted by atomic mass is 9.88. The monoisotopic (exact) mass is 530 g/mol. The fraction of sp³-hybridized carbons (Fsp3) is 0.464. The Kier molecular flexibility index (Phi) is 9.99. The molecule has 2 aromatic carbocycles. The molecule has 1 fully saturated rings. The summed E-state index contributed by atoms with van der Waals surface area (Å²) in [5.41, 5.74) is 1.05. The number of ether oxygens (including phenoxy) is 1. The van der Waals surface area contributed by atoms with Crippen LogP contribution < -0.4 is 10.1 Å². The maximum atomic E-state index is 13.8. The minimum Gasteiger partial charge on any atom is -0.496 e. The smallest absolute Gasteiger partial charge is 0.416 e. The van der Waals surface area contributed by atoms with E-state index < -0.39 is 17.7 Å². The fourth-order valence-electron chi connectivity index (χ4n) is 4.95. The van der Waals surface area contributed by atoms with Gasteiger partial charge in [-0.25, -0.2) is 0 Å². The molecular weight excluding hydrogens is 497 g/mol. The Bertz CT molecular complexity index is 1180. The van der Waals surface area contributed by atoms with Crippen molar-refractivity contribution in [2.75, 3.05) is 20.2 Å². The van der Waals surface area contributed by atoms with E-state index in [2.05, 4.69) is 10.3 Å². The van der Waals surface area contributed by atoms with Crippen molar-refractivity contribution < 1.29 is 27.8 Å². The van der Waals surface area contributed by atoms with Crippen LogP contribution in [-0.2, 0) is 23.9 Å². The summed E-state index contributed by atoms with van der Waals surface area (Å²) in [6.45, 7) is 2.96.